The zero-order valence-corrected chi connectivity index (χ0v) is 16.0. The standard InChI is InChI=1S/C23H23N3O2/c1-16-10-11-20(14-17(16)2)25-22(27)12-13-23(28)26-24-15-19-8-5-7-18-6-3-4-9-21(18)19/h3-11,14-15H,12-13H2,1-2H3,(H,25,27)(H,26,28)/b24-15+. The quantitative estimate of drug-likeness (QED) is 0.499. The Hall–Kier alpha value is -3.47. The summed E-state index contributed by atoms with van der Waals surface area (Å²) in [5, 5.41) is 9.01. The fourth-order valence-corrected chi connectivity index (χ4v) is 2.86. The summed E-state index contributed by atoms with van der Waals surface area (Å²) in [7, 11) is 0. The highest BCUT2D eigenvalue weighted by Gasteiger charge is 2.07. The van der Waals surface area contributed by atoms with Gasteiger partial charge in [0.1, 0.15) is 0 Å². The van der Waals surface area contributed by atoms with Gasteiger partial charge in [-0.1, -0.05) is 48.5 Å². The normalized spacial score (nSPS) is 10.9. The van der Waals surface area contributed by atoms with Gasteiger partial charge in [0.05, 0.1) is 6.21 Å². The molecule has 0 bridgehead atoms. The van der Waals surface area contributed by atoms with E-state index in [1.54, 1.807) is 6.21 Å². The van der Waals surface area contributed by atoms with Crippen LogP contribution in [0.2, 0.25) is 0 Å². The molecule has 28 heavy (non-hydrogen) atoms. The molecule has 0 aromatic heterocycles. The number of hydrazone groups is 1. The lowest BCUT2D eigenvalue weighted by Gasteiger charge is -2.07. The molecule has 5 heteroatoms. The van der Waals surface area contributed by atoms with Gasteiger partial charge in [-0.2, -0.15) is 5.10 Å². The van der Waals surface area contributed by atoms with Gasteiger partial charge in [-0.3, -0.25) is 9.59 Å². The Kier molecular flexibility index (Phi) is 6.17. The lowest BCUT2D eigenvalue weighted by atomic mass is 10.1. The summed E-state index contributed by atoms with van der Waals surface area (Å²) < 4.78 is 0. The van der Waals surface area contributed by atoms with E-state index in [-0.39, 0.29) is 24.7 Å². The average Bonchev–Trinajstić information content (AvgIpc) is 2.69. The fraction of sp³-hybridized carbons (Fsp3) is 0.174. The van der Waals surface area contributed by atoms with Crippen LogP contribution in [0.25, 0.3) is 10.8 Å². The lowest BCUT2D eigenvalue weighted by molar-refractivity contribution is -0.124. The molecule has 3 rings (SSSR count). The van der Waals surface area contributed by atoms with Crippen molar-refractivity contribution < 1.29 is 9.59 Å². The van der Waals surface area contributed by atoms with E-state index >= 15 is 0 Å². The van der Waals surface area contributed by atoms with Crippen LogP contribution in [0, 0.1) is 13.8 Å². The van der Waals surface area contributed by atoms with Crippen molar-refractivity contribution in [2.24, 2.45) is 5.10 Å². The smallest absolute Gasteiger partial charge is 0.240 e. The minimum Gasteiger partial charge on any atom is -0.326 e. The molecule has 3 aromatic carbocycles. The second kappa shape index (κ2) is 8.95. The van der Waals surface area contributed by atoms with Gasteiger partial charge in [0.25, 0.3) is 0 Å². The molecule has 0 fully saturated rings. The predicted molar refractivity (Wildman–Crippen MR) is 113 cm³/mol. The van der Waals surface area contributed by atoms with Crippen LogP contribution >= 0.6 is 0 Å². The van der Waals surface area contributed by atoms with Crippen LogP contribution in [-0.4, -0.2) is 18.0 Å². The van der Waals surface area contributed by atoms with E-state index in [4.69, 9.17) is 0 Å². The maximum atomic E-state index is 12.0. The molecule has 5 nitrogen and oxygen atoms in total. The van der Waals surface area contributed by atoms with Crippen LogP contribution in [0.15, 0.2) is 65.8 Å². The molecule has 2 N–H and O–H groups in total. The number of rotatable bonds is 6. The minimum atomic E-state index is -0.299. The van der Waals surface area contributed by atoms with Gasteiger partial charge in [0, 0.05) is 24.1 Å². The highest BCUT2D eigenvalue weighted by molar-refractivity contribution is 6.00. The van der Waals surface area contributed by atoms with E-state index in [0.29, 0.717) is 0 Å². The van der Waals surface area contributed by atoms with Crippen molar-refractivity contribution >= 4 is 34.5 Å². The third-order valence-corrected chi connectivity index (χ3v) is 4.59. The van der Waals surface area contributed by atoms with Crippen LogP contribution in [0.1, 0.15) is 29.5 Å². The van der Waals surface area contributed by atoms with Crippen LogP contribution in [0.5, 0.6) is 0 Å². The second-order valence-corrected chi connectivity index (χ2v) is 6.71. The molecule has 0 heterocycles. The molecular formula is C23H23N3O2. The largest absolute Gasteiger partial charge is 0.326 e. The Bertz CT molecular complexity index is 1040. The SMILES string of the molecule is Cc1ccc(NC(=O)CCC(=O)N/N=C/c2cccc3ccccc23)cc1C. The molecule has 0 aliphatic carbocycles. The number of carbonyl (C=O) groups is 2. The molecule has 0 saturated carbocycles. The zero-order chi connectivity index (χ0) is 19.9. The number of amides is 2. The van der Waals surface area contributed by atoms with Gasteiger partial charge in [-0.05, 0) is 47.9 Å². The molecule has 3 aromatic rings. The molecule has 0 aliphatic rings. The third kappa shape index (κ3) is 5.04. The number of nitrogens with one attached hydrogen (secondary N) is 2. The molecular weight excluding hydrogens is 350 g/mol. The third-order valence-electron chi connectivity index (χ3n) is 4.59. The number of hydrogen-bond donors (Lipinski definition) is 2. The topological polar surface area (TPSA) is 70.6 Å². The van der Waals surface area contributed by atoms with Crippen LogP contribution in [0.4, 0.5) is 5.69 Å². The van der Waals surface area contributed by atoms with Crippen molar-refractivity contribution in [1.82, 2.24) is 5.43 Å². The maximum Gasteiger partial charge on any atom is 0.240 e. The molecule has 0 atom stereocenters. The Morgan fingerprint density at radius 2 is 1.64 bits per heavy atom. The minimum absolute atomic E-state index is 0.0730. The van der Waals surface area contributed by atoms with Crippen molar-refractivity contribution in [2.45, 2.75) is 26.7 Å². The van der Waals surface area contributed by atoms with Crippen LogP contribution in [-0.2, 0) is 9.59 Å². The summed E-state index contributed by atoms with van der Waals surface area (Å²) in [6.45, 7) is 4.01. The van der Waals surface area contributed by atoms with Gasteiger partial charge < -0.3 is 5.32 Å². The first-order valence-electron chi connectivity index (χ1n) is 9.20. The van der Waals surface area contributed by atoms with Crippen molar-refractivity contribution in [3.8, 4) is 0 Å². The predicted octanol–water partition coefficient (Wildman–Crippen LogP) is 4.33. The Labute approximate surface area is 164 Å². The van der Waals surface area contributed by atoms with Crippen molar-refractivity contribution in [1.29, 1.82) is 0 Å². The van der Waals surface area contributed by atoms with E-state index in [2.05, 4.69) is 15.8 Å². The van der Waals surface area contributed by atoms with E-state index < -0.39 is 0 Å². The molecule has 0 spiro atoms. The number of fused-ring (bicyclic) bond motifs is 1. The lowest BCUT2D eigenvalue weighted by Crippen LogP contribution is -2.20. The van der Waals surface area contributed by atoms with Gasteiger partial charge in [-0.25, -0.2) is 5.43 Å². The highest BCUT2D eigenvalue weighted by Crippen LogP contribution is 2.17. The summed E-state index contributed by atoms with van der Waals surface area (Å²) in [6.07, 6.45) is 1.79. The molecule has 142 valence electrons. The summed E-state index contributed by atoms with van der Waals surface area (Å²) >= 11 is 0. The van der Waals surface area contributed by atoms with Crippen molar-refractivity contribution in [2.75, 3.05) is 5.32 Å². The summed E-state index contributed by atoms with van der Waals surface area (Å²) in [4.78, 5) is 24.0. The number of benzene rings is 3. The highest BCUT2D eigenvalue weighted by atomic mass is 16.2. The molecule has 0 radical (unpaired) electrons. The van der Waals surface area contributed by atoms with Crippen molar-refractivity contribution in [3.05, 3.63) is 77.4 Å². The Balaban J connectivity index is 1.49. The molecule has 2 amide bonds. The maximum absolute atomic E-state index is 12.0. The van der Waals surface area contributed by atoms with E-state index in [9.17, 15) is 9.59 Å². The van der Waals surface area contributed by atoms with Crippen LogP contribution < -0.4 is 10.7 Å². The molecule has 0 saturated heterocycles. The number of aryl methyl sites for hydroxylation is 2. The van der Waals surface area contributed by atoms with E-state index in [1.165, 1.54) is 5.56 Å². The summed E-state index contributed by atoms with van der Waals surface area (Å²) in [5.74, 6) is -0.497. The fourth-order valence-electron chi connectivity index (χ4n) is 2.86. The Morgan fingerprint density at radius 3 is 2.46 bits per heavy atom. The van der Waals surface area contributed by atoms with Crippen LogP contribution in [0.3, 0.4) is 0 Å². The Morgan fingerprint density at radius 1 is 0.893 bits per heavy atom. The summed E-state index contributed by atoms with van der Waals surface area (Å²) in [5.41, 5.74) is 6.42. The second-order valence-electron chi connectivity index (χ2n) is 6.71. The monoisotopic (exact) mass is 373 g/mol. The number of carbonyl (C=O) groups excluding carboxylic acids is 2. The van der Waals surface area contributed by atoms with E-state index in [0.717, 1.165) is 27.6 Å². The van der Waals surface area contributed by atoms with Gasteiger partial charge in [0.2, 0.25) is 11.8 Å². The van der Waals surface area contributed by atoms with Gasteiger partial charge in [-0.15, -0.1) is 0 Å². The number of hydrogen-bond acceptors (Lipinski definition) is 3. The average molecular weight is 373 g/mol. The van der Waals surface area contributed by atoms with Crippen molar-refractivity contribution in [3.63, 3.8) is 0 Å². The van der Waals surface area contributed by atoms with Gasteiger partial charge >= 0.3 is 0 Å². The molecule has 0 aliphatic heterocycles. The first-order chi connectivity index (χ1) is 13.5. The first-order valence-corrected chi connectivity index (χ1v) is 9.20. The zero-order valence-electron chi connectivity index (χ0n) is 16.0. The van der Waals surface area contributed by atoms with E-state index in [1.807, 2.05) is 74.5 Å². The first kappa shape index (κ1) is 19.3. The summed E-state index contributed by atoms with van der Waals surface area (Å²) in [6, 6.07) is 19.6. The molecule has 0 unspecified atom stereocenters. The number of nitrogens with zero attached hydrogens (tertiary/aromatic N) is 1. The number of anilines is 1. The van der Waals surface area contributed by atoms with Gasteiger partial charge in [0.15, 0.2) is 0 Å².